The van der Waals surface area contributed by atoms with E-state index in [0.717, 1.165) is 18.0 Å². The highest BCUT2D eigenvalue weighted by Gasteiger charge is 2.44. The van der Waals surface area contributed by atoms with Gasteiger partial charge < -0.3 is 0 Å². The number of halogens is 1. The Morgan fingerprint density at radius 3 is 2.47 bits per heavy atom. The van der Waals surface area contributed by atoms with Crippen LogP contribution in [-0.2, 0) is 0 Å². The minimum absolute atomic E-state index is 0.797. The molecule has 0 unspecified atom stereocenters. The predicted octanol–water partition coefficient (Wildman–Crippen LogP) is 3.24. The molecule has 0 radical (unpaired) electrons. The van der Waals surface area contributed by atoms with Gasteiger partial charge in [-0.15, -0.1) is 0 Å². The van der Waals surface area contributed by atoms with Crippen LogP contribution >= 0.6 is 22.6 Å². The zero-order chi connectivity index (χ0) is 10.4. The van der Waals surface area contributed by atoms with Crippen LogP contribution in [0.25, 0.3) is 0 Å². The third-order valence-electron chi connectivity index (χ3n) is 4.18. The van der Waals surface area contributed by atoms with Gasteiger partial charge in [0.2, 0.25) is 0 Å². The first kappa shape index (κ1) is 10.1. The lowest BCUT2D eigenvalue weighted by atomic mass is 9.84. The van der Waals surface area contributed by atoms with Crippen LogP contribution in [0.5, 0.6) is 0 Å². The lowest BCUT2D eigenvalue weighted by Gasteiger charge is -2.21. The summed E-state index contributed by atoms with van der Waals surface area (Å²) in [5.74, 6) is 0.797. The molecule has 2 saturated heterocycles. The Morgan fingerprint density at radius 2 is 1.93 bits per heavy atom. The Bertz CT molecular complexity index is 359. The van der Waals surface area contributed by atoms with Gasteiger partial charge in [-0.2, -0.15) is 0 Å². The lowest BCUT2D eigenvalue weighted by molar-refractivity contribution is 0.307. The summed E-state index contributed by atoms with van der Waals surface area (Å²) >= 11 is 2.38. The highest BCUT2D eigenvalue weighted by molar-refractivity contribution is 14.1. The van der Waals surface area contributed by atoms with E-state index in [1.54, 1.807) is 5.56 Å². The summed E-state index contributed by atoms with van der Waals surface area (Å²) in [7, 11) is 2.30. The maximum Gasteiger partial charge on any atom is 0.0165 e. The molecule has 0 saturated carbocycles. The van der Waals surface area contributed by atoms with E-state index in [0.29, 0.717) is 0 Å². The van der Waals surface area contributed by atoms with Gasteiger partial charge in [0, 0.05) is 21.6 Å². The van der Waals surface area contributed by atoms with Crippen molar-refractivity contribution in [3.05, 3.63) is 33.4 Å². The number of nitrogens with zero attached hydrogens (tertiary/aromatic N) is 1. The molecule has 0 spiro atoms. The quantitative estimate of drug-likeness (QED) is 0.720. The highest BCUT2D eigenvalue weighted by atomic mass is 127. The number of fused-ring (bicyclic) bond motifs is 2. The molecule has 15 heavy (non-hydrogen) atoms. The van der Waals surface area contributed by atoms with Crippen LogP contribution in [0.3, 0.4) is 0 Å². The van der Waals surface area contributed by atoms with E-state index in [2.05, 4.69) is 58.8 Å². The molecule has 0 N–H and O–H groups in total. The maximum absolute atomic E-state index is 2.60. The van der Waals surface area contributed by atoms with Crippen molar-refractivity contribution in [3.8, 4) is 0 Å². The summed E-state index contributed by atoms with van der Waals surface area (Å²) in [4.78, 5) is 2.60. The molecule has 2 heterocycles. The molecular formula is C13H16IN. The van der Waals surface area contributed by atoms with Crippen LogP contribution in [0.4, 0.5) is 0 Å². The van der Waals surface area contributed by atoms with Crippen molar-refractivity contribution in [2.24, 2.45) is 0 Å². The van der Waals surface area contributed by atoms with Crippen molar-refractivity contribution in [2.75, 3.05) is 7.05 Å². The lowest BCUT2D eigenvalue weighted by Crippen LogP contribution is -2.25. The first-order valence-electron chi connectivity index (χ1n) is 5.73. The van der Waals surface area contributed by atoms with Crippen LogP contribution in [-0.4, -0.2) is 24.0 Å². The first-order valence-corrected chi connectivity index (χ1v) is 6.81. The highest BCUT2D eigenvalue weighted by Crippen LogP contribution is 2.45. The molecule has 0 aromatic heterocycles. The van der Waals surface area contributed by atoms with Gasteiger partial charge in [-0.1, -0.05) is 12.1 Å². The van der Waals surface area contributed by atoms with E-state index < -0.39 is 0 Å². The van der Waals surface area contributed by atoms with E-state index in [-0.39, 0.29) is 0 Å². The molecule has 2 fully saturated rings. The van der Waals surface area contributed by atoms with E-state index in [1.165, 1.54) is 22.8 Å². The zero-order valence-corrected chi connectivity index (χ0v) is 11.1. The van der Waals surface area contributed by atoms with Crippen LogP contribution < -0.4 is 0 Å². The largest absolute Gasteiger partial charge is 0.300 e. The number of hydrogen-bond donors (Lipinski definition) is 0. The van der Waals surface area contributed by atoms with Crippen LogP contribution in [0.2, 0.25) is 0 Å². The van der Waals surface area contributed by atoms with Gasteiger partial charge in [0.15, 0.2) is 0 Å². The van der Waals surface area contributed by atoms with Gasteiger partial charge in [0.1, 0.15) is 0 Å². The van der Waals surface area contributed by atoms with Crippen molar-refractivity contribution in [1.29, 1.82) is 0 Å². The van der Waals surface area contributed by atoms with Gasteiger partial charge in [0.05, 0.1) is 0 Å². The summed E-state index contributed by atoms with van der Waals surface area (Å²) in [6.45, 7) is 0. The predicted molar refractivity (Wildman–Crippen MR) is 71.1 cm³/mol. The normalized spacial score (nSPS) is 34.9. The van der Waals surface area contributed by atoms with Gasteiger partial charge in [-0.3, -0.25) is 4.90 Å². The smallest absolute Gasteiger partial charge is 0.0165 e. The Kier molecular flexibility index (Phi) is 2.51. The second kappa shape index (κ2) is 3.74. The van der Waals surface area contributed by atoms with E-state index in [1.807, 2.05) is 0 Å². The van der Waals surface area contributed by atoms with E-state index >= 15 is 0 Å². The molecule has 2 aliphatic heterocycles. The first-order chi connectivity index (χ1) is 7.25. The van der Waals surface area contributed by atoms with Crippen LogP contribution in [0.1, 0.15) is 30.7 Å². The minimum Gasteiger partial charge on any atom is -0.300 e. The van der Waals surface area contributed by atoms with Crippen molar-refractivity contribution in [3.63, 3.8) is 0 Å². The standard InChI is InChI=1S/C13H16IN/c1-15-11-6-7-13(15)12(8-11)9-2-4-10(14)5-3-9/h2-5,11-13H,6-8H2,1H3/t11-,12+,13+/m0/s1. The fourth-order valence-electron chi connectivity index (χ4n) is 3.33. The maximum atomic E-state index is 2.60. The summed E-state index contributed by atoms with van der Waals surface area (Å²) in [5.41, 5.74) is 1.55. The monoisotopic (exact) mass is 313 g/mol. The summed E-state index contributed by atoms with van der Waals surface area (Å²) in [5, 5.41) is 0. The topological polar surface area (TPSA) is 3.24 Å². The molecule has 1 aromatic rings. The molecule has 1 aromatic carbocycles. The molecule has 1 nitrogen and oxygen atoms in total. The third-order valence-corrected chi connectivity index (χ3v) is 4.90. The second-order valence-electron chi connectivity index (χ2n) is 4.86. The Balaban J connectivity index is 1.87. The van der Waals surface area contributed by atoms with Crippen molar-refractivity contribution >= 4 is 22.6 Å². The van der Waals surface area contributed by atoms with Gasteiger partial charge in [-0.05, 0) is 66.6 Å². The van der Waals surface area contributed by atoms with E-state index in [9.17, 15) is 0 Å². The van der Waals surface area contributed by atoms with Crippen molar-refractivity contribution < 1.29 is 0 Å². The molecule has 0 amide bonds. The Hall–Kier alpha value is -0.0900. The van der Waals surface area contributed by atoms with Gasteiger partial charge in [-0.25, -0.2) is 0 Å². The van der Waals surface area contributed by atoms with Crippen LogP contribution in [0.15, 0.2) is 24.3 Å². The SMILES string of the molecule is CN1[C@H]2CC[C@@H]1[C@@H](c1ccc(I)cc1)C2. The average molecular weight is 313 g/mol. The van der Waals surface area contributed by atoms with E-state index in [4.69, 9.17) is 0 Å². The average Bonchev–Trinajstić information content (AvgIpc) is 2.75. The van der Waals surface area contributed by atoms with Crippen LogP contribution in [0, 0.1) is 3.57 Å². The number of rotatable bonds is 1. The molecule has 3 rings (SSSR count). The number of likely N-dealkylation sites (N-methyl/N-ethyl adjacent to an activating group) is 1. The summed E-state index contributed by atoms with van der Waals surface area (Å²) < 4.78 is 1.34. The minimum atomic E-state index is 0.797. The fraction of sp³-hybridized carbons (Fsp3) is 0.538. The number of benzene rings is 1. The number of hydrogen-bond acceptors (Lipinski definition) is 1. The Labute approximate surface area is 105 Å². The molecule has 0 aliphatic carbocycles. The Morgan fingerprint density at radius 1 is 1.20 bits per heavy atom. The van der Waals surface area contributed by atoms with Crippen molar-refractivity contribution in [1.82, 2.24) is 4.90 Å². The summed E-state index contributed by atoms with van der Waals surface area (Å²) in [6, 6.07) is 10.8. The third kappa shape index (κ3) is 1.62. The van der Waals surface area contributed by atoms with Gasteiger partial charge in [0.25, 0.3) is 0 Å². The fourth-order valence-corrected chi connectivity index (χ4v) is 3.69. The molecule has 2 bridgehead atoms. The second-order valence-corrected chi connectivity index (χ2v) is 6.10. The molecule has 80 valence electrons. The van der Waals surface area contributed by atoms with Gasteiger partial charge >= 0.3 is 0 Å². The van der Waals surface area contributed by atoms with Crippen molar-refractivity contribution in [2.45, 2.75) is 37.3 Å². The molecular weight excluding hydrogens is 297 g/mol. The molecule has 2 heteroatoms. The molecule has 2 aliphatic rings. The molecule has 3 atom stereocenters. The zero-order valence-electron chi connectivity index (χ0n) is 8.99. The summed E-state index contributed by atoms with van der Waals surface area (Å²) in [6.07, 6.45) is 4.20.